The van der Waals surface area contributed by atoms with Crippen molar-refractivity contribution in [3.63, 3.8) is 0 Å². The van der Waals surface area contributed by atoms with E-state index in [-0.39, 0.29) is 18.6 Å². The Hall–Kier alpha value is -2.53. The van der Waals surface area contributed by atoms with E-state index in [1.807, 2.05) is 30.3 Å². The van der Waals surface area contributed by atoms with Crippen molar-refractivity contribution in [2.24, 2.45) is 0 Å². The minimum Gasteiger partial charge on any atom is -0.484 e. The van der Waals surface area contributed by atoms with Gasteiger partial charge in [-0.15, -0.1) is 0 Å². The molecule has 1 fully saturated rings. The van der Waals surface area contributed by atoms with Crippen LogP contribution in [-0.2, 0) is 11.2 Å². The molecule has 2 aromatic rings. The fourth-order valence-electron chi connectivity index (χ4n) is 4.63. The minimum absolute atomic E-state index is 0.0473. The quantitative estimate of drug-likeness (QED) is 0.759. The van der Waals surface area contributed by atoms with E-state index in [9.17, 15) is 4.79 Å². The summed E-state index contributed by atoms with van der Waals surface area (Å²) in [6, 6.07) is 16.6. The monoisotopic (exact) mass is 407 g/mol. The lowest BCUT2D eigenvalue weighted by Gasteiger charge is -2.36. The Morgan fingerprint density at radius 2 is 1.83 bits per heavy atom. The molecule has 1 N–H and O–H groups in total. The number of nitrogens with one attached hydrogen (secondary N) is 1. The molecule has 0 unspecified atom stereocenters. The van der Waals surface area contributed by atoms with E-state index in [1.54, 1.807) is 0 Å². The second kappa shape index (κ2) is 9.98. The molecule has 30 heavy (non-hydrogen) atoms. The summed E-state index contributed by atoms with van der Waals surface area (Å²) < 4.78 is 5.61. The summed E-state index contributed by atoms with van der Waals surface area (Å²) in [5, 5.41) is 3.12. The van der Waals surface area contributed by atoms with Crippen LogP contribution in [0, 0.1) is 0 Å². The van der Waals surface area contributed by atoms with Crippen molar-refractivity contribution in [2.75, 3.05) is 44.7 Å². The van der Waals surface area contributed by atoms with E-state index in [1.165, 1.54) is 42.5 Å². The lowest BCUT2D eigenvalue weighted by atomic mass is 9.95. The molecule has 1 atom stereocenters. The molecule has 160 valence electrons. The van der Waals surface area contributed by atoms with Gasteiger partial charge in [-0.3, -0.25) is 9.69 Å². The standard InChI is InChI=1S/C25H33N3O2/c1-27-14-8-9-20-17-21(12-13-23(20)27)24(28-15-6-3-7-16-28)18-26-25(29)19-30-22-10-4-2-5-11-22/h2,4-5,10-13,17,24H,3,6-9,14-16,18-19H2,1H3,(H,26,29)/t24-/m0/s1. The largest absolute Gasteiger partial charge is 0.484 e. The average molecular weight is 408 g/mol. The highest BCUT2D eigenvalue weighted by atomic mass is 16.5. The summed E-state index contributed by atoms with van der Waals surface area (Å²) >= 11 is 0. The van der Waals surface area contributed by atoms with Crippen LogP contribution in [0.3, 0.4) is 0 Å². The summed E-state index contributed by atoms with van der Waals surface area (Å²) in [6.07, 6.45) is 6.10. The number of ether oxygens (including phenoxy) is 1. The van der Waals surface area contributed by atoms with E-state index in [0.29, 0.717) is 6.54 Å². The topological polar surface area (TPSA) is 44.8 Å². The molecule has 5 nitrogen and oxygen atoms in total. The molecule has 0 aliphatic carbocycles. The van der Waals surface area contributed by atoms with E-state index >= 15 is 0 Å². The smallest absolute Gasteiger partial charge is 0.258 e. The molecular weight excluding hydrogens is 374 g/mol. The van der Waals surface area contributed by atoms with Gasteiger partial charge in [-0.1, -0.05) is 36.8 Å². The lowest BCUT2D eigenvalue weighted by Crippen LogP contribution is -2.41. The number of hydrogen-bond acceptors (Lipinski definition) is 4. The van der Waals surface area contributed by atoms with Crippen LogP contribution in [0.5, 0.6) is 5.75 Å². The highest BCUT2D eigenvalue weighted by molar-refractivity contribution is 5.77. The summed E-state index contributed by atoms with van der Waals surface area (Å²) in [5.41, 5.74) is 4.10. The minimum atomic E-state index is -0.0708. The molecule has 0 bridgehead atoms. The van der Waals surface area contributed by atoms with Crippen LogP contribution in [0.1, 0.15) is 42.9 Å². The predicted molar refractivity (Wildman–Crippen MR) is 121 cm³/mol. The number of likely N-dealkylation sites (tertiary alicyclic amines) is 1. The average Bonchev–Trinajstić information content (AvgIpc) is 2.79. The maximum Gasteiger partial charge on any atom is 0.258 e. The number of piperidine rings is 1. The molecule has 0 radical (unpaired) electrons. The SMILES string of the molecule is CN1CCCc2cc([C@H](CNC(=O)COc3ccccc3)N3CCCCC3)ccc21. The van der Waals surface area contributed by atoms with Gasteiger partial charge in [0.05, 0.1) is 6.04 Å². The molecule has 2 aliphatic rings. The summed E-state index contributed by atoms with van der Waals surface area (Å²) in [6.45, 7) is 3.98. The molecule has 2 aliphatic heterocycles. The van der Waals surface area contributed by atoms with Crippen molar-refractivity contribution in [1.82, 2.24) is 10.2 Å². The number of hydrogen-bond donors (Lipinski definition) is 1. The van der Waals surface area contributed by atoms with E-state index in [2.05, 4.69) is 40.4 Å². The van der Waals surface area contributed by atoms with Crippen LogP contribution in [0.25, 0.3) is 0 Å². The number of amides is 1. The maximum atomic E-state index is 12.4. The van der Waals surface area contributed by atoms with Crippen molar-refractivity contribution in [3.05, 3.63) is 59.7 Å². The molecule has 0 saturated carbocycles. The Kier molecular flexibility index (Phi) is 6.90. The van der Waals surface area contributed by atoms with Gasteiger partial charge in [0.25, 0.3) is 5.91 Å². The van der Waals surface area contributed by atoms with Crippen molar-refractivity contribution in [2.45, 2.75) is 38.1 Å². The number of nitrogens with zero attached hydrogens (tertiary/aromatic N) is 2. The van der Waals surface area contributed by atoms with Crippen LogP contribution in [-0.4, -0.2) is 50.6 Å². The normalized spacial score (nSPS) is 17.8. The van der Waals surface area contributed by atoms with Crippen molar-refractivity contribution in [3.8, 4) is 5.75 Å². The van der Waals surface area contributed by atoms with Crippen LogP contribution in [0.2, 0.25) is 0 Å². The van der Waals surface area contributed by atoms with Gasteiger partial charge < -0.3 is 15.0 Å². The second-order valence-electron chi connectivity index (χ2n) is 8.43. The molecule has 2 heterocycles. The number of anilines is 1. The third-order valence-corrected chi connectivity index (χ3v) is 6.28. The number of fused-ring (bicyclic) bond motifs is 1. The zero-order valence-corrected chi connectivity index (χ0v) is 18.0. The van der Waals surface area contributed by atoms with Crippen LogP contribution >= 0.6 is 0 Å². The third kappa shape index (κ3) is 5.14. The van der Waals surface area contributed by atoms with Gasteiger partial charge in [0.15, 0.2) is 6.61 Å². The zero-order chi connectivity index (χ0) is 20.8. The first-order chi connectivity index (χ1) is 14.7. The fraction of sp³-hybridized carbons (Fsp3) is 0.480. The Labute approximate surface area is 180 Å². The van der Waals surface area contributed by atoms with Gasteiger partial charge in [0.2, 0.25) is 0 Å². The molecule has 0 spiro atoms. The molecular formula is C25H33N3O2. The Balaban J connectivity index is 1.43. The zero-order valence-electron chi connectivity index (χ0n) is 18.0. The lowest BCUT2D eigenvalue weighted by molar-refractivity contribution is -0.123. The molecule has 1 amide bonds. The van der Waals surface area contributed by atoms with Crippen molar-refractivity contribution < 1.29 is 9.53 Å². The van der Waals surface area contributed by atoms with E-state index in [0.717, 1.165) is 31.8 Å². The third-order valence-electron chi connectivity index (χ3n) is 6.28. The maximum absolute atomic E-state index is 12.4. The molecule has 4 rings (SSSR count). The highest BCUT2D eigenvalue weighted by Gasteiger charge is 2.24. The molecule has 2 aromatic carbocycles. The van der Waals surface area contributed by atoms with Gasteiger partial charge in [-0.05, 0) is 68.1 Å². The fourth-order valence-corrected chi connectivity index (χ4v) is 4.63. The van der Waals surface area contributed by atoms with Crippen molar-refractivity contribution in [1.29, 1.82) is 0 Å². The molecule has 1 saturated heterocycles. The second-order valence-corrected chi connectivity index (χ2v) is 8.43. The number of rotatable bonds is 7. The Morgan fingerprint density at radius 3 is 2.63 bits per heavy atom. The first-order valence-corrected chi connectivity index (χ1v) is 11.2. The number of aryl methyl sites for hydroxylation is 1. The first-order valence-electron chi connectivity index (χ1n) is 11.2. The van der Waals surface area contributed by atoms with Crippen LogP contribution in [0.4, 0.5) is 5.69 Å². The van der Waals surface area contributed by atoms with Crippen LogP contribution in [0.15, 0.2) is 48.5 Å². The molecule has 5 heteroatoms. The summed E-state index contributed by atoms with van der Waals surface area (Å²) in [4.78, 5) is 17.3. The number of carbonyl (C=O) groups is 1. The predicted octanol–water partition coefficient (Wildman–Crippen LogP) is 3.79. The van der Waals surface area contributed by atoms with Gasteiger partial charge in [-0.25, -0.2) is 0 Å². The first kappa shape index (κ1) is 20.7. The Bertz CT molecular complexity index is 834. The highest BCUT2D eigenvalue weighted by Crippen LogP contribution is 2.31. The number of benzene rings is 2. The molecule has 0 aromatic heterocycles. The van der Waals surface area contributed by atoms with Gasteiger partial charge in [-0.2, -0.15) is 0 Å². The van der Waals surface area contributed by atoms with Crippen LogP contribution < -0.4 is 15.0 Å². The van der Waals surface area contributed by atoms with Gasteiger partial charge in [0.1, 0.15) is 5.75 Å². The van der Waals surface area contributed by atoms with E-state index < -0.39 is 0 Å². The summed E-state index contributed by atoms with van der Waals surface area (Å²) in [5.74, 6) is 0.651. The van der Waals surface area contributed by atoms with E-state index in [4.69, 9.17) is 4.74 Å². The van der Waals surface area contributed by atoms with Crippen molar-refractivity contribution >= 4 is 11.6 Å². The van der Waals surface area contributed by atoms with Gasteiger partial charge in [0, 0.05) is 25.8 Å². The number of carbonyl (C=O) groups excluding carboxylic acids is 1. The number of para-hydroxylation sites is 1. The summed E-state index contributed by atoms with van der Waals surface area (Å²) in [7, 11) is 2.17. The Morgan fingerprint density at radius 1 is 1.03 bits per heavy atom. The van der Waals surface area contributed by atoms with Gasteiger partial charge >= 0.3 is 0 Å².